The molecule has 0 amide bonds. The van der Waals surface area contributed by atoms with Crippen LogP contribution in [0.4, 0.5) is 0 Å². The van der Waals surface area contributed by atoms with E-state index in [0.717, 1.165) is 31.0 Å². The standard InChI is InChI=1S/C17H36N4/c1-15(2)21-11-5-17(6-12-21)14-20-10-9-19-13-16-3-7-18-8-4-16/h15-20H,3-14H2,1-2H3. The van der Waals surface area contributed by atoms with Gasteiger partial charge in [0, 0.05) is 19.1 Å². The van der Waals surface area contributed by atoms with Crippen LogP contribution in [0, 0.1) is 11.8 Å². The van der Waals surface area contributed by atoms with Crippen molar-refractivity contribution in [3.8, 4) is 0 Å². The van der Waals surface area contributed by atoms with Crippen LogP contribution < -0.4 is 16.0 Å². The van der Waals surface area contributed by atoms with Crippen molar-refractivity contribution in [2.45, 2.75) is 45.6 Å². The molecule has 0 spiro atoms. The monoisotopic (exact) mass is 296 g/mol. The molecule has 21 heavy (non-hydrogen) atoms. The van der Waals surface area contributed by atoms with E-state index in [1.807, 2.05) is 0 Å². The van der Waals surface area contributed by atoms with Crippen molar-refractivity contribution in [2.75, 3.05) is 52.4 Å². The first-order valence-corrected chi connectivity index (χ1v) is 9.12. The van der Waals surface area contributed by atoms with Crippen LogP contribution in [0.5, 0.6) is 0 Å². The van der Waals surface area contributed by atoms with E-state index < -0.39 is 0 Å². The molecule has 0 aromatic rings. The zero-order valence-corrected chi connectivity index (χ0v) is 14.2. The smallest absolute Gasteiger partial charge is 0.00768 e. The maximum absolute atomic E-state index is 3.64. The first-order chi connectivity index (χ1) is 10.3. The highest BCUT2D eigenvalue weighted by molar-refractivity contribution is 4.76. The summed E-state index contributed by atoms with van der Waals surface area (Å²) >= 11 is 0. The van der Waals surface area contributed by atoms with Gasteiger partial charge in [-0.15, -0.1) is 0 Å². The summed E-state index contributed by atoms with van der Waals surface area (Å²) in [6.45, 7) is 14.3. The fourth-order valence-corrected chi connectivity index (χ4v) is 3.55. The molecule has 2 aliphatic heterocycles. The first-order valence-electron chi connectivity index (χ1n) is 9.12. The van der Waals surface area contributed by atoms with Gasteiger partial charge in [0.1, 0.15) is 0 Å². The van der Waals surface area contributed by atoms with Crippen molar-refractivity contribution < 1.29 is 0 Å². The second-order valence-electron chi connectivity index (χ2n) is 7.17. The van der Waals surface area contributed by atoms with E-state index in [0.29, 0.717) is 0 Å². The lowest BCUT2D eigenvalue weighted by molar-refractivity contribution is 0.148. The molecule has 0 aliphatic carbocycles. The van der Waals surface area contributed by atoms with Gasteiger partial charge in [-0.1, -0.05) is 0 Å². The molecule has 0 radical (unpaired) electrons. The molecule has 0 unspecified atom stereocenters. The Morgan fingerprint density at radius 1 is 0.905 bits per heavy atom. The molecule has 4 heteroatoms. The fraction of sp³-hybridized carbons (Fsp3) is 1.00. The molecule has 3 N–H and O–H groups in total. The lowest BCUT2D eigenvalue weighted by Crippen LogP contribution is -2.41. The highest BCUT2D eigenvalue weighted by Crippen LogP contribution is 2.17. The Morgan fingerprint density at radius 2 is 1.43 bits per heavy atom. The van der Waals surface area contributed by atoms with Crippen LogP contribution in [-0.4, -0.2) is 63.3 Å². The lowest BCUT2D eigenvalue weighted by atomic mass is 9.96. The van der Waals surface area contributed by atoms with Crippen molar-refractivity contribution in [1.82, 2.24) is 20.9 Å². The molecule has 2 rings (SSSR count). The molecule has 124 valence electrons. The summed E-state index contributed by atoms with van der Waals surface area (Å²) in [4.78, 5) is 2.61. The molecule has 2 heterocycles. The molecule has 0 bridgehead atoms. The highest BCUT2D eigenvalue weighted by atomic mass is 15.1. The van der Waals surface area contributed by atoms with Gasteiger partial charge in [0.05, 0.1) is 0 Å². The van der Waals surface area contributed by atoms with Crippen molar-refractivity contribution in [1.29, 1.82) is 0 Å². The molecule has 2 saturated heterocycles. The molecular formula is C17H36N4. The predicted octanol–water partition coefficient (Wildman–Crippen LogP) is 1.29. The topological polar surface area (TPSA) is 39.3 Å². The maximum Gasteiger partial charge on any atom is 0.00768 e. The first kappa shape index (κ1) is 17.2. The van der Waals surface area contributed by atoms with E-state index in [-0.39, 0.29) is 0 Å². The summed E-state index contributed by atoms with van der Waals surface area (Å²) in [5, 5.41) is 10.7. The normalized spacial score (nSPS) is 23.0. The number of rotatable bonds is 8. The van der Waals surface area contributed by atoms with Crippen molar-refractivity contribution in [3.05, 3.63) is 0 Å². The van der Waals surface area contributed by atoms with Crippen LogP contribution >= 0.6 is 0 Å². The van der Waals surface area contributed by atoms with Gasteiger partial charge in [0.25, 0.3) is 0 Å². The van der Waals surface area contributed by atoms with Crippen LogP contribution in [0.3, 0.4) is 0 Å². The van der Waals surface area contributed by atoms with Crippen molar-refractivity contribution in [2.24, 2.45) is 11.8 Å². The van der Waals surface area contributed by atoms with Gasteiger partial charge in [0.2, 0.25) is 0 Å². The van der Waals surface area contributed by atoms with Crippen molar-refractivity contribution in [3.63, 3.8) is 0 Å². The zero-order valence-electron chi connectivity index (χ0n) is 14.2. The molecule has 0 saturated carbocycles. The Kier molecular flexibility index (Phi) is 8.01. The summed E-state index contributed by atoms with van der Waals surface area (Å²) in [7, 11) is 0. The number of likely N-dealkylation sites (tertiary alicyclic amines) is 1. The minimum absolute atomic E-state index is 0.720. The molecule has 2 fully saturated rings. The number of hydrogen-bond donors (Lipinski definition) is 3. The largest absolute Gasteiger partial charge is 0.317 e. The Balaban J connectivity index is 1.41. The number of hydrogen-bond acceptors (Lipinski definition) is 4. The van der Waals surface area contributed by atoms with Crippen LogP contribution in [-0.2, 0) is 0 Å². The van der Waals surface area contributed by atoms with Gasteiger partial charge in [-0.3, -0.25) is 0 Å². The number of nitrogens with one attached hydrogen (secondary N) is 3. The van der Waals surface area contributed by atoms with Gasteiger partial charge in [0.15, 0.2) is 0 Å². The lowest BCUT2D eigenvalue weighted by Gasteiger charge is -2.34. The molecular weight excluding hydrogens is 260 g/mol. The number of nitrogens with zero attached hydrogens (tertiary/aromatic N) is 1. The van der Waals surface area contributed by atoms with E-state index >= 15 is 0 Å². The van der Waals surface area contributed by atoms with E-state index in [1.165, 1.54) is 65.0 Å². The van der Waals surface area contributed by atoms with Gasteiger partial charge in [-0.25, -0.2) is 0 Å². The molecule has 0 aromatic carbocycles. The third kappa shape index (κ3) is 6.64. The van der Waals surface area contributed by atoms with E-state index in [4.69, 9.17) is 0 Å². The summed E-state index contributed by atoms with van der Waals surface area (Å²) in [5.74, 6) is 1.79. The molecule has 0 aromatic heterocycles. The van der Waals surface area contributed by atoms with Crippen LogP contribution in [0.1, 0.15) is 39.5 Å². The summed E-state index contributed by atoms with van der Waals surface area (Å²) in [5.41, 5.74) is 0. The predicted molar refractivity (Wildman–Crippen MR) is 90.8 cm³/mol. The second kappa shape index (κ2) is 9.78. The Bertz CT molecular complexity index is 256. The van der Waals surface area contributed by atoms with Crippen molar-refractivity contribution >= 4 is 0 Å². The third-order valence-electron chi connectivity index (χ3n) is 5.18. The molecule has 4 nitrogen and oxygen atoms in total. The van der Waals surface area contributed by atoms with Crippen LogP contribution in [0.15, 0.2) is 0 Å². The minimum atomic E-state index is 0.720. The van der Waals surface area contributed by atoms with Crippen LogP contribution in [0.2, 0.25) is 0 Å². The molecule has 2 aliphatic rings. The van der Waals surface area contributed by atoms with E-state index in [1.54, 1.807) is 0 Å². The second-order valence-corrected chi connectivity index (χ2v) is 7.17. The Morgan fingerprint density at radius 3 is 1.95 bits per heavy atom. The molecule has 0 atom stereocenters. The van der Waals surface area contributed by atoms with E-state index in [2.05, 4.69) is 34.7 Å². The number of piperidine rings is 2. The van der Waals surface area contributed by atoms with Gasteiger partial charge < -0.3 is 20.9 Å². The Labute approximate surface area is 131 Å². The third-order valence-corrected chi connectivity index (χ3v) is 5.18. The van der Waals surface area contributed by atoms with Gasteiger partial charge in [-0.05, 0) is 90.6 Å². The fourth-order valence-electron chi connectivity index (χ4n) is 3.55. The summed E-state index contributed by atoms with van der Waals surface area (Å²) in [6, 6.07) is 0.720. The summed E-state index contributed by atoms with van der Waals surface area (Å²) < 4.78 is 0. The Hall–Kier alpha value is -0.160. The zero-order chi connectivity index (χ0) is 14.9. The minimum Gasteiger partial charge on any atom is -0.317 e. The average molecular weight is 297 g/mol. The average Bonchev–Trinajstić information content (AvgIpc) is 2.52. The quantitative estimate of drug-likeness (QED) is 0.590. The van der Waals surface area contributed by atoms with Gasteiger partial charge in [-0.2, -0.15) is 0 Å². The SMILES string of the molecule is CC(C)N1CCC(CNCCNCC2CCNCC2)CC1. The van der Waals surface area contributed by atoms with E-state index in [9.17, 15) is 0 Å². The maximum atomic E-state index is 3.64. The highest BCUT2D eigenvalue weighted by Gasteiger charge is 2.20. The summed E-state index contributed by atoms with van der Waals surface area (Å²) in [6.07, 6.45) is 5.42. The van der Waals surface area contributed by atoms with Crippen LogP contribution in [0.25, 0.3) is 0 Å². The van der Waals surface area contributed by atoms with Gasteiger partial charge >= 0.3 is 0 Å².